The molecule has 92 valence electrons. The molecule has 3 unspecified atom stereocenters. The van der Waals surface area contributed by atoms with Crippen LogP contribution in [0.3, 0.4) is 0 Å². The molecule has 4 nitrogen and oxygen atoms in total. The molecule has 2 heterocycles. The molecule has 2 aliphatic rings. The van der Waals surface area contributed by atoms with E-state index in [9.17, 15) is 9.90 Å². The first-order chi connectivity index (χ1) is 7.66. The molecule has 2 fully saturated rings. The van der Waals surface area contributed by atoms with Crippen LogP contribution in [-0.2, 0) is 4.79 Å². The zero-order valence-electron chi connectivity index (χ0n) is 9.98. The van der Waals surface area contributed by atoms with Crippen LogP contribution in [0.2, 0.25) is 0 Å². The molecule has 3 atom stereocenters. The minimum Gasteiger partial charge on any atom is -0.393 e. The van der Waals surface area contributed by atoms with Crippen LogP contribution in [0.25, 0.3) is 0 Å². The SMILES string of the molecule is CC(O)C1CCN(C2CCCNC(=O)C2)C1. The zero-order chi connectivity index (χ0) is 11.5. The number of carbonyl (C=O) groups is 1. The quantitative estimate of drug-likeness (QED) is 0.715. The van der Waals surface area contributed by atoms with Crippen molar-refractivity contribution < 1.29 is 9.90 Å². The van der Waals surface area contributed by atoms with Crippen LogP contribution in [0.1, 0.15) is 32.6 Å². The van der Waals surface area contributed by atoms with E-state index in [1.807, 2.05) is 6.92 Å². The highest BCUT2D eigenvalue weighted by molar-refractivity contribution is 5.76. The van der Waals surface area contributed by atoms with Crippen LogP contribution in [0.5, 0.6) is 0 Å². The molecule has 0 radical (unpaired) electrons. The summed E-state index contributed by atoms with van der Waals surface area (Å²) >= 11 is 0. The average molecular weight is 226 g/mol. The molecule has 2 aliphatic heterocycles. The maximum Gasteiger partial charge on any atom is 0.221 e. The number of rotatable bonds is 2. The van der Waals surface area contributed by atoms with Crippen molar-refractivity contribution in [3.05, 3.63) is 0 Å². The number of hydrogen-bond acceptors (Lipinski definition) is 3. The normalized spacial score (nSPS) is 34.5. The fourth-order valence-corrected chi connectivity index (χ4v) is 2.81. The van der Waals surface area contributed by atoms with Gasteiger partial charge in [0.1, 0.15) is 0 Å². The van der Waals surface area contributed by atoms with Gasteiger partial charge in [-0.2, -0.15) is 0 Å². The summed E-state index contributed by atoms with van der Waals surface area (Å²) in [5, 5.41) is 12.5. The molecular weight excluding hydrogens is 204 g/mol. The maximum atomic E-state index is 11.5. The predicted molar refractivity (Wildman–Crippen MR) is 62.0 cm³/mol. The third kappa shape index (κ3) is 2.74. The molecule has 1 amide bonds. The number of nitrogens with one attached hydrogen (secondary N) is 1. The first kappa shape index (κ1) is 11.9. The number of nitrogens with zero attached hydrogens (tertiary/aromatic N) is 1. The van der Waals surface area contributed by atoms with E-state index in [1.54, 1.807) is 0 Å². The van der Waals surface area contributed by atoms with Gasteiger partial charge in [-0.3, -0.25) is 9.69 Å². The molecule has 0 aromatic heterocycles. The van der Waals surface area contributed by atoms with Gasteiger partial charge in [0.25, 0.3) is 0 Å². The Morgan fingerprint density at radius 3 is 3.00 bits per heavy atom. The first-order valence-electron chi connectivity index (χ1n) is 6.35. The lowest BCUT2D eigenvalue weighted by Crippen LogP contribution is -2.36. The third-order valence-electron chi connectivity index (χ3n) is 3.91. The highest BCUT2D eigenvalue weighted by Crippen LogP contribution is 2.25. The highest BCUT2D eigenvalue weighted by Gasteiger charge is 2.32. The Hall–Kier alpha value is -0.610. The molecule has 0 bridgehead atoms. The lowest BCUT2D eigenvalue weighted by atomic mass is 10.0. The van der Waals surface area contributed by atoms with E-state index >= 15 is 0 Å². The summed E-state index contributed by atoms with van der Waals surface area (Å²) in [4.78, 5) is 13.9. The number of hydrogen-bond donors (Lipinski definition) is 2. The van der Waals surface area contributed by atoms with Crippen LogP contribution in [0.4, 0.5) is 0 Å². The Morgan fingerprint density at radius 2 is 2.31 bits per heavy atom. The number of likely N-dealkylation sites (tertiary alicyclic amines) is 1. The molecule has 0 spiro atoms. The van der Waals surface area contributed by atoms with Crippen molar-refractivity contribution in [3.8, 4) is 0 Å². The third-order valence-corrected chi connectivity index (χ3v) is 3.91. The van der Waals surface area contributed by atoms with Crippen molar-refractivity contribution in [1.29, 1.82) is 0 Å². The molecule has 2 N–H and O–H groups in total. The second kappa shape index (κ2) is 5.15. The van der Waals surface area contributed by atoms with Crippen LogP contribution < -0.4 is 5.32 Å². The Bertz CT molecular complexity index is 255. The molecule has 2 saturated heterocycles. The van der Waals surface area contributed by atoms with Crippen LogP contribution in [0, 0.1) is 5.92 Å². The topological polar surface area (TPSA) is 52.6 Å². The van der Waals surface area contributed by atoms with Crippen molar-refractivity contribution in [2.45, 2.75) is 44.8 Å². The summed E-state index contributed by atoms with van der Waals surface area (Å²) in [6.07, 6.45) is 3.66. The summed E-state index contributed by atoms with van der Waals surface area (Å²) in [7, 11) is 0. The Morgan fingerprint density at radius 1 is 1.50 bits per heavy atom. The molecular formula is C12H22N2O2. The molecule has 0 saturated carbocycles. The largest absolute Gasteiger partial charge is 0.393 e. The fourth-order valence-electron chi connectivity index (χ4n) is 2.81. The van der Waals surface area contributed by atoms with Gasteiger partial charge in [-0.25, -0.2) is 0 Å². The molecule has 16 heavy (non-hydrogen) atoms. The average Bonchev–Trinajstić information content (AvgIpc) is 2.63. The van der Waals surface area contributed by atoms with Gasteiger partial charge in [0, 0.05) is 25.6 Å². The lowest BCUT2D eigenvalue weighted by Gasteiger charge is -2.26. The molecule has 0 aromatic carbocycles. The van der Waals surface area contributed by atoms with Crippen LogP contribution >= 0.6 is 0 Å². The van der Waals surface area contributed by atoms with Crippen LogP contribution in [0.15, 0.2) is 0 Å². The number of aliphatic hydroxyl groups excluding tert-OH is 1. The smallest absolute Gasteiger partial charge is 0.221 e. The second-order valence-electron chi connectivity index (χ2n) is 5.13. The number of amides is 1. The van der Waals surface area contributed by atoms with E-state index in [1.165, 1.54) is 0 Å². The molecule has 4 heteroatoms. The predicted octanol–water partition coefficient (Wildman–Crippen LogP) is 0.358. The van der Waals surface area contributed by atoms with Crippen molar-refractivity contribution in [2.75, 3.05) is 19.6 Å². The van der Waals surface area contributed by atoms with Crippen LogP contribution in [-0.4, -0.2) is 47.7 Å². The van der Waals surface area contributed by atoms with Gasteiger partial charge in [-0.1, -0.05) is 0 Å². The lowest BCUT2D eigenvalue weighted by molar-refractivity contribution is -0.121. The summed E-state index contributed by atoms with van der Waals surface area (Å²) in [5.41, 5.74) is 0. The summed E-state index contributed by atoms with van der Waals surface area (Å²) < 4.78 is 0. The Labute approximate surface area is 97.0 Å². The van der Waals surface area contributed by atoms with Gasteiger partial charge < -0.3 is 10.4 Å². The van der Waals surface area contributed by atoms with Crippen molar-refractivity contribution in [1.82, 2.24) is 10.2 Å². The van der Waals surface area contributed by atoms with E-state index in [-0.39, 0.29) is 12.0 Å². The van der Waals surface area contributed by atoms with Gasteiger partial charge in [0.15, 0.2) is 0 Å². The fraction of sp³-hybridized carbons (Fsp3) is 0.917. The standard InChI is InChI=1S/C12H22N2O2/c1-9(15)10-4-6-14(8-10)11-3-2-5-13-12(16)7-11/h9-11,15H,2-8H2,1H3,(H,13,16). The van der Waals surface area contributed by atoms with Crippen molar-refractivity contribution in [2.24, 2.45) is 5.92 Å². The van der Waals surface area contributed by atoms with E-state index in [2.05, 4.69) is 10.2 Å². The Balaban J connectivity index is 1.90. The first-order valence-corrected chi connectivity index (χ1v) is 6.35. The monoisotopic (exact) mass is 226 g/mol. The maximum absolute atomic E-state index is 11.5. The van der Waals surface area contributed by atoms with Gasteiger partial charge in [0.05, 0.1) is 6.10 Å². The molecule has 2 rings (SSSR count). The van der Waals surface area contributed by atoms with Gasteiger partial charge >= 0.3 is 0 Å². The van der Waals surface area contributed by atoms with E-state index in [0.29, 0.717) is 18.4 Å². The molecule has 0 aromatic rings. The zero-order valence-corrected chi connectivity index (χ0v) is 9.98. The number of aliphatic hydroxyl groups is 1. The van der Waals surface area contributed by atoms with E-state index in [4.69, 9.17) is 0 Å². The van der Waals surface area contributed by atoms with E-state index in [0.717, 1.165) is 38.9 Å². The Kier molecular flexibility index (Phi) is 3.82. The minimum absolute atomic E-state index is 0.183. The van der Waals surface area contributed by atoms with Crippen molar-refractivity contribution in [3.63, 3.8) is 0 Å². The van der Waals surface area contributed by atoms with Crippen molar-refractivity contribution >= 4 is 5.91 Å². The van der Waals surface area contributed by atoms with E-state index < -0.39 is 0 Å². The summed E-state index contributed by atoms with van der Waals surface area (Å²) in [5.74, 6) is 0.578. The summed E-state index contributed by atoms with van der Waals surface area (Å²) in [6, 6.07) is 0.395. The van der Waals surface area contributed by atoms with Gasteiger partial charge in [-0.15, -0.1) is 0 Å². The van der Waals surface area contributed by atoms with Gasteiger partial charge in [-0.05, 0) is 38.6 Å². The summed E-state index contributed by atoms with van der Waals surface area (Å²) in [6.45, 7) is 4.68. The second-order valence-corrected chi connectivity index (χ2v) is 5.13. The molecule has 0 aliphatic carbocycles. The minimum atomic E-state index is -0.218. The highest BCUT2D eigenvalue weighted by atomic mass is 16.3. The number of carbonyl (C=O) groups excluding carboxylic acids is 1. The van der Waals surface area contributed by atoms with Gasteiger partial charge in [0.2, 0.25) is 5.91 Å².